The lowest BCUT2D eigenvalue weighted by Crippen LogP contribution is -2.44. The van der Waals surface area contributed by atoms with E-state index >= 15 is 0 Å². The van der Waals surface area contributed by atoms with E-state index in [0.717, 1.165) is 0 Å². The summed E-state index contributed by atoms with van der Waals surface area (Å²) in [5, 5.41) is 40.3. The molecule has 0 aliphatic heterocycles. The Bertz CT molecular complexity index is 2020. The molecule has 0 bridgehead atoms. The summed E-state index contributed by atoms with van der Waals surface area (Å²) in [5.74, 6) is -4.67. The molecule has 1 unspecified atom stereocenters. The van der Waals surface area contributed by atoms with Gasteiger partial charge in [-0.25, -0.2) is 19.6 Å². The van der Waals surface area contributed by atoms with Gasteiger partial charge in [0.1, 0.15) is 12.1 Å². The van der Waals surface area contributed by atoms with Gasteiger partial charge in [0.25, 0.3) is 23.1 Å². The predicted molar refractivity (Wildman–Crippen MR) is 183 cm³/mol. The Morgan fingerprint density at radius 2 is 1.50 bits per heavy atom. The average molecular weight is 719 g/mol. The normalized spacial score (nSPS) is 11.9. The number of nitrogen functional groups attached to an aromatic ring is 1. The third-order valence-corrected chi connectivity index (χ3v) is 7.55. The van der Waals surface area contributed by atoms with Crippen LogP contribution in [0, 0.1) is 10.1 Å². The van der Waals surface area contributed by atoms with E-state index in [2.05, 4.69) is 41.2 Å². The van der Waals surface area contributed by atoms with Gasteiger partial charge in [0.2, 0.25) is 11.9 Å². The number of carboxylic acid groups (broad SMARTS) is 2. The number of non-ortho nitro benzene ring substituents is 1. The summed E-state index contributed by atoms with van der Waals surface area (Å²) in [6.07, 6.45) is 1.44. The number of unbranched alkanes of at least 4 members (excludes halogenated alkanes) is 1. The maximum Gasteiger partial charge on any atom is 0.326 e. The lowest BCUT2D eigenvalue weighted by Gasteiger charge is -2.17. The number of hydrogen-bond acceptors (Lipinski definition) is 13. The number of H-pyrrole nitrogens is 1. The van der Waals surface area contributed by atoms with E-state index in [4.69, 9.17) is 5.73 Å². The Labute approximate surface area is 293 Å². The van der Waals surface area contributed by atoms with Crippen LogP contribution in [0.4, 0.5) is 17.3 Å². The van der Waals surface area contributed by atoms with Crippen LogP contribution in [0.2, 0.25) is 0 Å². The Morgan fingerprint density at radius 3 is 2.15 bits per heavy atom. The number of nitrogens with zero attached hydrogens (tertiary/aromatic N) is 4. The topological polar surface area (TPSA) is 315 Å². The van der Waals surface area contributed by atoms with Gasteiger partial charge >= 0.3 is 11.9 Å². The molecule has 2 aromatic heterocycles. The molecule has 2 aromatic carbocycles. The molecule has 0 saturated carbocycles. The van der Waals surface area contributed by atoms with Gasteiger partial charge in [-0.05, 0) is 62.1 Å². The average Bonchev–Trinajstić information content (AvgIpc) is 3.11. The van der Waals surface area contributed by atoms with Crippen molar-refractivity contribution in [2.75, 3.05) is 17.6 Å². The van der Waals surface area contributed by atoms with E-state index in [0.29, 0.717) is 24.2 Å². The molecule has 0 spiro atoms. The highest BCUT2D eigenvalue weighted by Gasteiger charge is 2.24. The first-order valence-electron chi connectivity index (χ1n) is 15.7. The van der Waals surface area contributed by atoms with Crippen LogP contribution in [0.15, 0.2) is 59.5 Å². The predicted octanol–water partition coefficient (Wildman–Crippen LogP) is 0.949. The highest BCUT2D eigenvalue weighted by atomic mass is 16.6. The molecule has 2 heterocycles. The highest BCUT2D eigenvalue weighted by molar-refractivity contribution is 5.97. The van der Waals surface area contributed by atoms with E-state index < -0.39 is 52.2 Å². The number of carboxylic acids is 2. The monoisotopic (exact) mass is 718 g/mol. The molecular weight excluding hydrogens is 684 g/mol. The third-order valence-electron chi connectivity index (χ3n) is 7.55. The summed E-state index contributed by atoms with van der Waals surface area (Å²) in [4.78, 5) is 97.9. The zero-order valence-corrected chi connectivity index (χ0v) is 27.3. The fraction of sp³-hybridized carbons (Fsp3) is 0.281. The molecule has 9 N–H and O–H groups in total. The first kappa shape index (κ1) is 37.8. The maximum absolute atomic E-state index is 12.8. The van der Waals surface area contributed by atoms with Crippen LogP contribution in [-0.4, -0.2) is 83.4 Å². The lowest BCUT2D eigenvalue weighted by molar-refractivity contribution is -0.384. The smallest absolute Gasteiger partial charge is 0.326 e. The molecule has 3 amide bonds. The van der Waals surface area contributed by atoms with Crippen molar-refractivity contribution in [3.8, 4) is 0 Å². The number of nitro benzene ring substituents is 1. The largest absolute Gasteiger partial charge is 0.480 e. The van der Waals surface area contributed by atoms with Gasteiger partial charge < -0.3 is 37.2 Å². The van der Waals surface area contributed by atoms with Crippen molar-refractivity contribution in [2.24, 2.45) is 0 Å². The first-order chi connectivity index (χ1) is 24.8. The Kier molecular flexibility index (Phi) is 12.8. The fourth-order valence-corrected chi connectivity index (χ4v) is 4.80. The number of hydrogen-bond donors (Lipinski definition) is 8. The SMILES string of the molecule is Nc1nc2ncc(CNc3ccc(C(=O)NC(CCC(=O)N[C@@H](CCCCNC(=O)c4ccc([N+](=O)[O-])cc4)C(=O)O)C(=O)O)cc3)nc2c(=O)[nH]1. The Morgan fingerprint density at radius 1 is 0.865 bits per heavy atom. The zero-order valence-electron chi connectivity index (χ0n) is 27.3. The number of carbonyl (C=O) groups excluding carboxylic acids is 3. The second-order valence-electron chi connectivity index (χ2n) is 11.3. The van der Waals surface area contributed by atoms with E-state index in [-0.39, 0.29) is 66.3 Å². The van der Waals surface area contributed by atoms with Gasteiger partial charge in [0, 0.05) is 41.9 Å². The molecule has 4 rings (SSSR count). The van der Waals surface area contributed by atoms with Crippen molar-refractivity contribution in [3.63, 3.8) is 0 Å². The maximum atomic E-state index is 12.8. The van der Waals surface area contributed by atoms with E-state index in [1.807, 2.05) is 0 Å². The summed E-state index contributed by atoms with van der Waals surface area (Å²) >= 11 is 0. The molecule has 0 fully saturated rings. The Hall–Kier alpha value is -6.99. The van der Waals surface area contributed by atoms with E-state index in [9.17, 15) is 49.1 Å². The van der Waals surface area contributed by atoms with Crippen LogP contribution < -0.4 is 32.6 Å². The molecule has 272 valence electrons. The number of nitro groups is 1. The minimum absolute atomic E-state index is 0.0205. The number of amides is 3. The molecule has 0 aliphatic carbocycles. The molecule has 0 radical (unpaired) electrons. The van der Waals surface area contributed by atoms with Crippen LogP contribution >= 0.6 is 0 Å². The van der Waals surface area contributed by atoms with Crippen LogP contribution in [0.3, 0.4) is 0 Å². The van der Waals surface area contributed by atoms with Gasteiger partial charge in [-0.1, -0.05) is 0 Å². The lowest BCUT2D eigenvalue weighted by atomic mass is 10.1. The van der Waals surface area contributed by atoms with Crippen molar-refractivity contribution in [1.82, 2.24) is 35.9 Å². The Balaban J connectivity index is 1.19. The standard InChI is InChI=1S/C32H34N10O10/c33-32-40-26-25(29(46)41-32)37-20(16-36-26)15-35-19-8-4-18(5-9-19)28(45)39-23(31(49)50)12-13-24(43)38-22(30(47)48)3-1-2-14-34-27(44)17-6-10-21(11-7-17)42(51)52/h4-11,16,22-23,35H,1-3,12-15H2,(H,34,44)(H,38,43)(H,39,45)(H,47,48)(H,49,50)(H3,33,36,40,41,46)/t22-,23?/m0/s1. The highest BCUT2D eigenvalue weighted by Crippen LogP contribution is 2.14. The number of anilines is 2. The second kappa shape index (κ2) is 17.6. The van der Waals surface area contributed by atoms with Gasteiger partial charge in [-0.15, -0.1) is 0 Å². The summed E-state index contributed by atoms with van der Waals surface area (Å²) in [6, 6.07) is 8.36. The van der Waals surface area contributed by atoms with Crippen LogP contribution in [0.1, 0.15) is 58.5 Å². The molecule has 20 nitrogen and oxygen atoms in total. The molecule has 0 aliphatic rings. The third kappa shape index (κ3) is 10.8. The number of aliphatic carboxylic acids is 2. The van der Waals surface area contributed by atoms with Crippen LogP contribution in [0.5, 0.6) is 0 Å². The molecular formula is C32H34N10O10. The summed E-state index contributed by atoms with van der Waals surface area (Å²) in [6.45, 7) is 0.363. The number of benzene rings is 2. The van der Waals surface area contributed by atoms with Crippen molar-refractivity contribution in [1.29, 1.82) is 0 Å². The molecule has 52 heavy (non-hydrogen) atoms. The fourth-order valence-electron chi connectivity index (χ4n) is 4.80. The number of nitrogens with two attached hydrogens (primary N) is 1. The quantitative estimate of drug-likeness (QED) is 0.0403. The second-order valence-corrected chi connectivity index (χ2v) is 11.3. The molecule has 4 aromatic rings. The summed E-state index contributed by atoms with van der Waals surface area (Å²) in [7, 11) is 0. The number of aromatic nitrogens is 4. The number of fused-ring (bicyclic) bond motifs is 1. The van der Waals surface area contributed by atoms with Crippen LogP contribution in [-0.2, 0) is 20.9 Å². The number of nitrogens with one attached hydrogen (secondary N) is 5. The van der Waals surface area contributed by atoms with Gasteiger partial charge in [-0.3, -0.25) is 34.3 Å². The minimum atomic E-state index is -1.45. The van der Waals surface area contributed by atoms with Crippen molar-refractivity contribution in [3.05, 3.63) is 92.0 Å². The van der Waals surface area contributed by atoms with Gasteiger partial charge in [-0.2, -0.15) is 4.98 Å². The zero-order chi connectivity index (χ0) is 37.8. The summed E-state index contributed by atoms with van der Waals surface area (Å²) in [5.41, 5.74) is 6.31. The van der Waals surface area contributed by atoms with Crippen molar-refractivity contribution in [2.45, 2.75) is 50.7 Å². The summed E-state index contributed by atoms with van der Waals surface area (Å²) < 4.78 is 0. The number of carbonyl (C=O) groups is 5. The van der Waals surface area contributed by atoms with E-state index in [1.54, 1.807) is 12.1 Å². The molecule has 20 heteroatoms. The van der Waals surface area contributed by atoms with Gasteiger partial charge in [0.15, 0.2) is 11.2 Å². The number of rotatable bonds is 18. The van der Waals surface area contributed by atoms with Crippen molar-refractivity contribution < 1.29 is 39.1 Å². The van der Waals surface area contributed by atoms with Crippen molar-refractivity contribution >= 4 is 58.1 Å². The van der Waals surface area contributed by atoms with Crippen LogP contribution in [0.25, 0.3) is 11.2 Å². The number of aromatic amines is 1. The van der Waals surface area contributed by atoms with Gasteiger partial charge in [0.05, 0.1) is 23.4 Å². The molecule has 2 atom stereocenters. The minimum Gasteiger partial charge on any atom is -0.480 e. The molecule has 0 saturated heterocycles. The first-order valence-corrected chi connectivity index (χ1v) is 15.7. The van der Waals surface area contributed by atoms with E-state index in [1.165, 1.54) is 42.6 Å².